The fourth-order valence-corrected chi connectivity index (χ4v) is 2.68. The highest BCUT2D eigenvalue weighted by Crippen LogP contribution is 2.22. The molecule has 1 saturated carbocycles. The third-order valence-corrected chi connectivity index (χ3v) is 3.79. The maximum absolute atomic E-state index is 12.0. The molecular weight excluding hydrogens is 272 g/mol. The Kier molecular flexibility index (Phi) is 4.80. The molecule has 3 N–H and O–H groups in total. The van der Waals surface area contributed by atoms with Gasteiger partial charge in [-0.2, -0.15) is 0 Å². The van der Waals surface area contributed by atoms with E-state index in [4.69, 9.17) is 4.74 Å². The van der Waals surface area contributed by atoms with Crippen LogP contribution in [0.25, 0.3) is 0 Å². The Morgan fingerprint density at radius 3 is 2.71 bits per heavy atom. The van der Waals surface area contributed by atoms with E-state index < -0.39 is 5.97 Å². The Labute approximate surface area is 123 Å². The summed E-state index contributed by atoms with van der Waals surface area (Å²) in [7, 11) is 1.67. The van der Waals surface area contributed by atoms with Crippen LogP contribution in [0, 0.1) is 6.92 Å². The van der Waals surface area contributed by atoms with Crippen molar-refractivity contribution in [2.45, 2.75) is 38.3 Å². The number of carbonyl (C=O) groups excluding carboxylic acids is 1. The second-order valence-electron chi connectivity index (χ2n) is 5.27. The molecule has 0 spiro atoms. The van der Waals surface area contributed by atoms with Crippen LogP contribution in [0.1, 0.15) is 35.2 Å². The Hall–Kier alpha value is -2.08. The van der Waals surface area contributed by atoms with Gasteiger partial charge in [0.15, 0.2) is 0 Å². The van der Waals surface area contributed by atoms with E-state index in [9.17, 15) is 14.7 Å². The fraction of sp³-hybridized carbons (Fsp3) is 0.467. The molecule has 1 aromatic carbocycles. The predicted octanol–water partition coefficient (Wildman–Crippen LogP) is 2.38. The minimum Gasteiger partial charge on any atom is -0.478 e. The standard InChI is InChI=1S/C15H20N2O4/c1-9-4-3-5-12(13(9)14(18)19)17-15(20)16-10-6-7-11(8-10)21-2/h3-5,10-11H,6-8H2,1-2H3,(H,18,19)(H2,16,17,20). The quantitative estimate of drug-likeness (QED) is 0.795. The number of aromatic carboxylic acids is 1. The number of carbonyl (C=O) groups is 2. The van der Waals surface area contributed by atoms with E-state index in [-0.39, 0.29) is 23.7 Å². The topological polar surface area (TPSA) is 87.7 Å². The molecule has 6 nitrogen and oxygen atoms in total. The van der Waals surface area contributed by atoms with Crippen molar-refractivity contribution >= 4 is 17.7 Å². The average molecular weight is 292 g/mol. The number of amides is 2. The van der Waals surface area contributed by atoms with Crippen molar-refractivity contribution in [1.82, 2.24) is 5.32 Å². The second-order valence-corrected chi connectivity index (χ2v) is 5.27. The van der Waals surface area contributed by atoms with Gasteiger partial charge in [0.2, 0.25) is 0 Å². The monoisotopic (exact) mass is 292 g/mol. The summed E-state index contributed by atoms with van der Waals surface area (Å²) in [4.78, 5) is 23.3. The number of methoxy groups -OCH3 is 1. The van der Waals surface area contributed by atoms with Gasteiger partial charge in [-0.05, 0) is 37.8 Å². The van der Waals surface area contributed by atoms with Crippen LogP contribution in [0.3, 0.4) is 0 Å². The van der Waals surface area contributed by atoms with Crippen LogP contribution in [0.15, 0.2) is 18.2 Å². The number of benzene rings is 1. The van der Waals surface area contributed by atoms with Crippen molar-refractivity contribution in [1.29, 1.82) is 0 Å². The van der Waals surface area contributed by atoms with E-state index in [1.54, 1.807) is 32.2 Å². The maximum Gasteiger partial charge on any atom is 0.338 e. The third-order valence-electron chi connectivity index (χ3n) is 3.79. The number of hydrogen-bond acceptors (Lipinski definition) is 3. The van der Waals surface area contributed by atoms with Gasteiger partial charge in [0, 0.05) is 13.2 Å². The maximum atomic E-state index is 12.0. The molecule has 0 radical (unpaired) electrons. The number of ether oxygens (including phenoxy) is 1. The summed E-state index contributed by atoms with van der Waals surface area (Å²) >= 11 is 0. The summed E-state index contributed by atoms with van der Waals surface area (Å²) < 4.78 is 5.26. The molecule has 0 aliphatic heterocycles. The SMILES string of the molecule is COC1CCC(NC(=O)Nc2cccc(C)c2C(=O)O)C1. The lowest BCUT2D eigenvalue weighted by Gasteiger charge is -2.15. The van der Waals surface area contributed by atoms with E-state index >= 15 is 0 Å². The van der Waals surface area contributed by atoms with Crippen LogP contribution in [0.4, 0.5) is 10.5 Å². The number of rotatable bonds is 4. The molecule has 21 heavy (non-hydrogen) atoms. The van der Waals surface area contributed by atoms with Gasteiger partial charge in [0.25, 0.3) is 0 Å². The summed E-state index contributed by atoms with van der Waals surface area (Å²) in [6, 6.07) is 4.68. The molecule has 1 aliphatic rings. The van der Waals surface area contributed by atoms with Gasteiger partial charge in [-0.3, -0.25) is 0 Å². The normalized spacial score (nSPS) is 21.0. The summed E-state index contributed by atoms with van der Waals surface area (Å²) in [6.07, 6.45) is 2.75. The molecule has 2 unspecified atom stereocenters. The zero-order valence-corrected chi connectivity index (χ0v) is 12.2. The Bertz CT molecular complexity index is 544. The highest BCUT2D eigenvalue weighted by molar-refractivity contribution is 6.01. The first kappa shape index (κ1) is 15.3. The van der Waals surface area contributed by atoms with Gasteiger partial charge in [0.1, 0.15) is 0 Å². The highest BCUT2D eigenvalue weighted by Gasteiger charge is 2.26. The predicted molar refractivity (Wildman–Crippen MR) is 78.7 cm³/mol. The van der Waals surface area contributed by atoms with Crippen LogP contribution < -0.4 is 10.6 Å². The van der Waals surface area contributed by atoms with Crippen LogP contribution >= 0.6 is 0 Å². The zero-order valence-electron chi connectivity index (χ0n) is 12.2. The minimum absolute atomic E-state index is 0.0630. The number of carboxylic acids is 1. The molecule has 114 valence electrons. The van der Waals surface area contributed by atoms with Crippen molar-refractivity contribution < 1.29 is 19.4 Å². The molecule has 0 aromatic heterocycles. The van der Waals surface area contributed by atoms with Crippen molar-refractivity contribution in [3.05, 3.63) is 29.3 Å². The number of aryl methyl sites for hydroxylation is 1. The number of nitrogens with one attached hydrogen (secondary N) is 2. The molecule has 1 aliphatic carbocycles. The van der Waals surface area contributed by atoms with E-state index in [1.165, 1.54) is 0 Å². The largest absolute Gasteiger partial charge is 0.478 e. The Morgan fingerprint density at radius 1 is 1.33 bits per heavy atom. The molecule has 6 heteroatoms. The summed E-state index contributed by atoms with van der Waals surface area (Å²) in [5, 5.41) is 14.7. The smallest absolute Gasteiger partial charge is 0.338 e. The molecule has 2 rings (SSSR count). The van der Waals surface area contributed by atoms with Crippen LogP contribution in [-0.2, 0) is 4.74 Å². The van der Waals surface area contributed by atoms with Gasteiger partial charge in [-0.15, -0.1) is 0 Å². The van der Waals surface area contributed by atoms with Crippen molar-refractivity contribution in [2.75, 3.05) is 12.4 Å². The number of anilines is 1. The first-order chi connectivity index (χ1) is 10.0. The fourth-order valence-electron chi connectivity index (χ4n) is 2.68. The van der Waals surface area contributed by atoms with Crippen LogP contribution in [-0.4, -0.2) is 36.4 Å². The first-order valence-electron chi connectivity index (χ1n) is 6.94. The molecule has 0 heterocycles. The van der Waals surface area contributed by atoms with Gasteiger partial charge in [-0.1, -0.05) is 12.1 Å². The van der Waals surface area contributed by atoms with Crippen molar-refractivity contribution in [3.63, 3.8) is 0 Å². The molecule has 2 amide bonds. The van der Waals surface area contributed by atoms with E-state index in [0.29, 0.717) is 11.3 Å². The minimum atomic E-state index is -1.05. The first-order valence-corrected chi connectivity index (χ1v) is 6.94. The Balaban J connectivity index is 2.00. The van der Waals surface area contributed by atoms with E-state index in [2.05, 4.69) is 10.6 Å². The molecular formula is C15H20N2O4. The molecule has 0 bridgehead atoms. The van der Waals surface area contributed by atoms with Crippen LogP contribution in [0.2, 0.25) is 0 Å². The zero-order chi connectivity index (χ0) is 15.4. The van der Waals surface area contributed by atoms with Gasteiger partial charge >= 0.3 is 12.0 Å². The number of carboxylic acid groups (broad SMARTS) is 1. The van der Waals surface area contributed by atoms with Crippen molar-refractivity contribution in [2.24, 2.45) is 0 Å². The van der Waals surface area contributed by atoms with Crippen LogP contribution in [0.5, 0.6) is 0 Å². The van der Waals surface area contributed by atoms with E-state index in [0.717, 1.165) is 19.3 Å². The van der Waals surface area contributed by atoms with Gasteiger partial charge in [0.05, 0.1) is 17.4 Å². The molecule has 1 fully saturated rings. The lowest BCUT2D eigenvalue weighted by molar-refractivity contribution is 0.0697. The lowest BCUT2D eigenvalue weighted by atomic mass is 10.1. The Morgan fingerprint density at radius 2 is 2.10 bits per heavy atom. The highest BCUT2D eigenvalue weighted by atomic mass is 16.5. The van der Waals surface area contributed by atoms with Gasteiger partial charge < -0.3 is 20.5 Å². The summed E-state index contributed by atoms with van der Waals surface area (Å²) in [6.45, 7) is 1.70. The second kappa shape index (κ2) is 6.58. The average Bonchev–Trinajstić information content (AvgIpc) is 2.85. The molecule has 0 saturated heterocycles. The third kappa shape index (κ3) is 3.72. The van der Waals surface area contributed by atoms with E-state index in [1.807, 2.05) is 0 Å². The summed E-state index contributed by atoms with van der Waals surface area (Å²) in [5.41, 5.74) is 1.04. The summed E-state index contributed by atoms with van der Waals surface area (Å²) in [5.74, 6) is -1.05. The van der Waals surface area contributed by atoms with Crippen molar-refractivity contribution in [3.8, 4) is 0 Å². The molecule has 2 atom stereocenters. The lowest BCUT2D eigenvalue weighted by Crippen LogP contribution is -2.37. The molecule has 1 aromatic rings. The number of hydrogen-bond donors (Lipinski definition) is 3. The van der Waals surface area contributed by atoms with Gasteiger partial charge in [-0.25, -0.2) is 9.59 Å². The number of urea groups is 1.